The molecule has 1 rings (SSSR count). The Morgan fingerprint density at radius 3 is 2.71 bits per heavy atom. The van der Waals surface area contributed by atoms with E-state index in [4.69, 9.17) is 10.3 Å². The molecule has 0 aliphatic carbocycles. The van der Waals surface area contributed by atoms with Crippen LogP contribution in [0.5, 0.6) is 0 Å². The largest absolute Gasteiger partial charge is 0.460 e. The average molecular weight is 339 g/mol. The molecule has 9 heteroatoms. The highest BCUT2D eigenvalue weighted by Crippen LogP contribution is 2.24. The molecule has 1 aliphatic heterocycles. The molecule has 0 aromatic heterocycles. The van der Waals surface area contributed by atoms with Gasteiger partial charge in [-0.05, 0) is 18.4 Å². The van der Waals surface area contributed by atoms with Crippen molar-refractivity contribution in [2.75, 3.05) is 20.1 Å². The number of amides is 2. The molecule has 2 unspecified atom stereocenters. The lowest BCUT2D eigenvalue weighted by atomic mass is 10.1. The maximum atomic E-state index is 12.3. The highest BCUT2D eigenvalue weighted by molar-refractivity contribution is 5.81. The number of esters is 1. The van der Waals surface area contributed by atoms with Gasteiger partial charge in [-0.1, -0.05) is 12.0 Å². The molecule has 9 nitrogen and oxygen atoms in total. The van der Waals surface area contributed by atoms with E-state index in [9.17, 15) is 14.4 Å². The number of hydrogen-bond donors (Lipinski definition) is 1. The number of carbonyl (C=O) groups excluding carboxylic acids is 3. The van der Waals surface area contributed by atoms with Crippen LogP contribution in [0, 0.1) is 0 Å². The first-order valence-corrected chi connectivity index (χ1v) is 8.22. The van der Waals surface area contributed by atoms with E-state index in [1.807, 2.05) is 6.92 Å². The van der Waals surface area contributed by atoms with Gasteiger partial charge >= 0.3 is 5.97 Å². The quantitative estimate of drug-likeness (QED) is 0.225. The fraction of sp³-hybridized carbons (Fsp3) is 0.800. The topological polar surface area (TPSA) is 124 Å². The van der Waals surface area contributed by atoms with Crippen LogP contribution in [0.25, 0.3) is 10.4 Å². The molecule has 0 bridgehead atoms. The van der Waals surface area contributed by atoms with Gasteiger partial charge in [0.05, 0.1) is 13.0 Å². The van der Waals surface area contributed by atoms with Gasteiger partial charge in [-0.25, -0.2) is 0 Å². The van der Waals surface area contributed by atoms with Crippen molar-refractivity contribution in [3.05, 3.63) is 10.4 Å². The Bertz CT molecular complexity index is 504. The molecule has 0 spiro atoms. The second kappa shape index (κ2) is 10.5. The second-order valence-electron chi connectivity index (χ2n) is 5.69. The molecular formula is C15H25N5O4. The predicted octanol–water partition coefficient (Wildman–Crippen LogP) is 1.53. The van der Waals surface area contributed by atoms with Crippen LogP contribution in [0.3, 0.4) is 0 Å². The zero-order valence-electron chi connectivity index (χ0n) is 14.2. The zero-order chi connectivity index (χ0) is 17.9. The van der Waals surface area contributed by atoms with Crippen molar-refractivity contribution in [1.82, 2.24) is 10.2 Å². The van der Waals surface area contributed by atoms with Gasteiger partial charge < -0.3 is 15.0 Å². The summed E-state index contributed by atoms with van der Waals surface area (Å²) in [6.45, 7) is 2.66. The van der Waals surface area contributed by atoms with Crippen LogP contribution in [0.2, 0.25) is 0 Å². The van der Waals surface area contributed by atoms with Crippen LogP contribution in [0.1, 0.15) is 45.4 Å². The van der Waals surface area contributed by atoms with Crippen molar-refractivity contribution in [3.63, 3.8) is 0 Å². The number of hydrogen-bond acceptors (Lipinski definition) is 5. The zero-order valence-corrected chi connectivity index (χ0v) is 14.2. The molecule has 1 N–H and O–H groups in total. The number of rotatable bonds is 9. The van der Waals surface area contributed by atoms with Crippen molar-refractivity contribution >= 4 is 17.8 Å². The molecule has 1 fully saturated rings. The van der Waals surface area contributed by atoms with Gasteiger partial charge in [0.25, 0.3) is 0 Å². The predicted molar refractivity (Wildman–Crippen MR) is 86.8 cm³/mol. The molecule has 2 amide bonds. The standard InChI is InChI=1S/C15H25N5O4/c1-3-11-9-12(24-15(23)7-6-13(21)17-2)10-20(11)14(22)5-4-8-18-19-16/h11-12H,3-10H2,1-2H3,(H,17,21). The third-order valence-electron chi connectivity index (χ3n) is 4.01. The lowest BCUT2D eigenvalue weighted by Crippen LogP contribution is -2.35. The van der Waals surface area contributed by atoms with Crippen molar-refractivity contribution in [2.24, 2.45) is 5.11 Å². The Balaban J connectivity index is 2.44. The fourth-order valence-corrected chi connectivity index (χ4v) is 2.73. The first-order chi connectivity index (χ1) is 11.5. The minimum atomic E-state index is -0.420. The van der Waals surface area contributed by atoms with E-state index >= 15 is 0 Å². The summed E-state index contributed by atoms with van der Waals surface area (Å²) in [5.41, 5.74) is 8.23. The van der Waals surface area contributed by atoms with E-state index in [2.05, 4.69) is 15.3 Å². The number of azide groups is 1. The van der Waals surface area contributed by atoms with Crippen LogP contribution >= 0.6 is 0 Å². The molecule has 1 saturated heterocycles. The third kappa shape index (κ3) is 6.45. The van der Waals surface area contributed by atoms with Crippen LogP contribution < -0.4 is 5.32 Å². The van der Waals surface area contributed by atoms with Gasteiger partial charge in [0, 0.05) is 43.8 Å². The summed E-state index contributed by atoms with van der Waals surface area (Å²) in [5.74, 6) is -0.642. The summed E-state index contributed by atoms with van der Waals surface area (Å²) in [7, 11) is 1.52. The van der Waals surface area contributed by atoms with Crippen molar-refractivity contribution in [3.8, 4) is 0 Å². The van der Waals surface area contributed by atoms with Crippen LogP contribution in [-0.2, 0) is 19.1 Å². The minimum Gasteiger partial charge on any atom is -0.460 e. The molecule has 0 saturated carbocycles. The third-order valence-corrected chi connectivity index (χ3v) is 4.01. The summed E-state index contributed by atoms with van der Waals surface area (Å²) in [6, 6.07) is 0.0497. The maximum Gasteiger partial charge on any atom is 0.306 e. The molecular weight excluding hydrogens is 314 g/mol. The molecule has 1 heterocycles. The molecule has 24 heavy (non-hydrogen) atoms. The normalized spacial score (nSPS) is 19.5. The number of ether oxygens (including phenoxy) is 1. The van der Waals surface area contributed by atoms with Crippen LogP contribution in [-0.4, -0.2) is 55.0 Å². The Morgan fingerprint density at radius 2 is 2.08 bits per heavy atom. The SMILES string of the molecule is CCC1CC(OC(=O)CCC(=O)NC)CN1C(=O)CCCN=[N+]=[N-]. The lowest BCUT2D eigenvalue weighted by Gasteiger charge is -2.23. The second-order valence-corrected chi connectivity index (χ2v) is 5.69. The van der Waals surface area contributed by atoms with Crippen LogP contribution in [0.15, 0.2) is 5.11 Å². The van der Waals surface area contributed by atoms with Gasteiger partial charge in [-0.15, -0.1) is 0 Å². The fourth-order valence-electron chi connectivity index (χ4n) is 2.73. The summed E-state index contributed by atoms with van der Waals surface area (Å²) in [4.78, 5) is 39.6. The number of carbonyl (C=O) groups is 3. The first kappa shape index (κ1) is 19.8. The molecule has 134 valence electrons. The van der Waals surface area contributed by atoms with E-state index in [-0.39, 0.29) is 36.8 Å². The molecule has 0 radical (unpaired) electrons. The van der Waals surface area contributed by atoms with Crippen molar-refractivity contribution < 1.29 is 19.1 Å². The van der Waals surface area contributed by atoms with Gasteiger partial charge in [-0.2, -0.15) is 0 Å². The van der Waals surface area contributed by atoms with Crippen molar-refractivity contribution in [2.45, 2.75) is 57.6 Å². The van der Waals surface area contributed by atoms with E-state index < -0.39 is 5.97 Å². The lowest BCUT2D eigenvalue weighted by molar-refractivity contribution is -0.150. The Morgan fingerprint density at radius 1 is 1.33 bits per heavy atom. The van der Waals surface area contributed by atoms with Crippen molar-refractivity contribution in [1.29, 1.82) is 0 Å². The summed E-state index contributed by atoms with van der Waals surface area (Å²) < 4.78 is 5.38. The van der Waals surface area contributed by atoms with Gasteiger partial charge in [-0.3, -0.25) is 14.4 Å². The highest BCUT2D eigenvalue weighted by Gasteiger charge is 2.35. The summed E-state index contributed by atoms with van der Waals surface area (Å²) in [6.07, 6.45) is 2.03. The van der Waals surface area contributed by atoms with E-state index in [0.29, 0.717) is 32.4 Å². The minimum absolute atomic E-state index is 0.0149. The molecule has 0 aromatic carbocycles. The van der Waals surface area contributed by atoms with Gasteiger partial charge in [0.2, 0.25) is 11.8 Å². The maximum absolute atomic E-state index is 12.3. The monoisotopic (exact) mass is 339 g/mol. The summed E-state index contributed by atoms with van der Waals surface area (Å²) in [5, 5.41) is 5.86. The number of nitrogens with zero attached hydrogens (tertiary/aromatic N) is 4. The van der Waals surface area contributed by atoms with Gasteiger partial charge in [0.1, 0.15) is 6.10 Å². The molecule has 0 aromatic rings. The number of nitrogens with one attached hydrogen (secondary N) is 1. The van der Waals surface area contributed by atoms with E-state index in [0.717, 1.165) is 6.42 Å². The van der Waals surface area contributed by atoms with E-state index in [1.165, 1.54) is 7.05 Å². The Hall–Kier alpha value is -2.28. The Kier molecular flexibility index (Phi) is 8.64. The van der Waals surface area contributed by atoms with Gasteiger partial charge in [0.15, 0.2) is 0 Å². The van der Waals surface area contributed by atoms with E-state index in [1.54, 1.807) is 4.90 Å². The molecule has 1 aliphatic rings. The highest BCUT2D eigenvalue weighted by atomic mass is 16.5. The average Bonchev–Trinajstić information content (AvgIpc) is 2.99. The summed E-state index contributed by atoms with van der Waals surface area (Å²) >= 11 is 0. The number of likely N-dealkylation sites (tertiary alicyclic amines) is 1. The Labute approximate surface area is 141 Å². The molecule has 2 atom stereocenters. The first-order valence-electron chi connectivity index (χ1n) is 8.22. The smallest absolute Gasteiger partial charge is 0.306 e. The van der Waals surface area contributed by atoms with Crippen LogP contribution in [0.4, 0.5) is 0 Å².